The van der Waals surface area contributed by atoms with Crippen LogP contribution in [0.4, 0.5) is 5.69 Å². The van der Waals surface area contributed by atoms with Crippen molar-refractivity contribution in [3.05, 3.63) is 95.6 Å². The van der Waals surface area contributed by atoms with Gasteiger partial charge in [0.05, 0.1) is 5.56 Å². The molecule has 0 N–H and O–H groups in total. The van der Waals surface area contributed by atoms with Gasteiger partial charge in [-0.25, -0.2) is 0 Å². The lowest BCUT2D eigenvalue weighted by atomic mass is 10.1. The monoisotopic (exact) mass is 359 g/mol. The van der Waals surface area contributed by atoms with Gasteiger partial charge in [-0.15, -0.1) is 11.8 Å². The maximum atomic E-state index is 13.4. The van der Waals surface area contributed by atoms with Gasteiger partial charge < -0.3 is 4.90 Å². The van der Waals surface area contributed by atoms with Gasteiger partial charge in [0.2, 0.25) is 0 Å². The molecule has 0 aliphatic carbocycles. The zero-order chi connectivity index (χ0) is 17.9. The van der Waals surface area contributed by atoms with Crippen molar-refractivity contribution in [2.75, 3.05) is 4.90 Å². The zero-order valence-electron chi connectivity index (χ0n) is 14.8. The second-order valence-corrected chi connectivity index (χ2v) is 7.64. The first-order valence-corrected chi connectivity index (χ1v) is 9.90. The van der Waals surface area contributed by atoms with E-state index in [0.29, 0.717) is 0 Å². The maximum Gasteiger partial charge on any atom is 0.259 e. The topological polar surface area (TPSA) is 20.3 Å². The van der Waals surface area contributed by atoms with E-state index in [1.165, 1.54) is 11.1 Å². The third-order valence-electron chi connectivity index (χ3n) is 4.78. The predicted octanol–water partition coefficient (Wildman–Crippen LogP) is 5.57. The Morgan fingerprint density at radius 1 is 0.962 bits per heavy atom. The fourth-order valence-corrected chi connectivity index (χ4v) is 4.51. The summed E-state index contributed by atoms with van der Waals surface area (Å²) in [4.78, 5) is 16.4. The molecule has 130 valence electrons. The fraction of sp³-hybridized carbons (Fsp3) is 0.174. The summed E-state index contributed by atoms with van der Waals surface area (Å²) in [6.45, 7) is 2.12. The Labute approximate surface area is 158 Å². The van der Waals surface area contributed by atoms with Crippen molar-refractivity contribution in [1.82, 2.24) is 0 Å². The van der Waals surface area contributed by atoms with Crippen LogP contribution in [0.25, 0.3) is 0 Å². The number of rotatable bonds is 4. The van der Waals surface area contributed by atoms with Crippen molar-refractivity contribution < 1.29 is 4.79 Å². The quantitative estimate of drug-likeness (QED) is 0.568. The van der Waals surface area contributed by atoms with Crippen LogP contribution in [0, 0.1) is 0 Å². The van der Waals surface area contributed by atoms with Crippen molar-refractivity contribution in [2.24, 2.45) is 0 Å². The summed E-state index contributed by atoms with van der Waals surface area (Å²) in [7, 11) is 0. The van der Waals surface area contributed by atoms with Gasteiger partial charge in [0.1, 0.15) is 0 Å². The molecule has 0 aromatic heterocycles. The SMILES string of the molecule is C[C@@H]1Cc2ccccc2N1C(=O)c1ccccc1SCc1ccccc1. The van der Waals surface area contributed by atoms with Gasteiger partial charge in [0.25, 0.3) is 5.91 Å². The predicted molar refractivity (Wildman–Crippen MR) is 109 cm³/mol. The van der Waals surface area contributed by atoms with Crippen LogP contribution < -0.4 is 4.90 Å². The van der Waals surface area contributed by atoms with E-state index in [1.54, 1.807) is 11.8 Å². The molecule has 0 unspecified atom stereocenters. The largest absolute Gasteiger partial charge is 0.305 e. The van der Waals surface area contributed by atoms with Gasteiger partial charge >= 0.3 is 0 Å². The van der Waals surface area contributed by atoms with Crippen LogP contribution in [0.1, 0.15) is 28.4 Å². The molecule has 0 spiro atoms. The van der Waals surface area contributed by atoms with Crippen molar-refractivity contribution in [2.45, 2.75) is 30.0 Å². The zero-order valence-corrected chi connectivity index (χ0v) is 15.6. The molecule has 1 atom stereocenters. The average Bonchev–Trinajstić information content (AvgIpc) is 3.02. The first-order valence-electron chi connectivity index (χ1n) is 8.91. The number of carbonyl (C=O) groups excluding carboxylic acids is 1. The number of hydrogen-bond acceptors (Lipinski definition) is 2. The van der Waals surface area contributed by atoms with Gasteiger partial charge in [-0.1, -0.05) is 60.7 Å². The van der Waals surface area contributed by atoms with Crippen LogP contribution in [0.15, 0.2) is 83.8 Å². The summed E-state index contributed by atoms with van der Waals surface area (Å²) < 4.78 is 0. The molecule has 3 aromatic rings. The van der Waals surface area contributed by atoms with E-state index in [2.05, 4.69) is 43.3 Å². The lowest BCUT2D eigenvalue weighted by molar-refractivity contribution is 0.0978. The minimum absolute atomic E-state index is 0.0959. The Kier molecular flexibility index (Phi) is 4.81. The Hall–Kier alpha value is -2.52. The molecule has 0 saturated heterocycles. The molecule has 26 heavy (non-hydrogen) atoms. The third kappa shape index (κ3) is 3.27. The van der Waals surface area contributed by atoms with Gasteiger partial charge in [0.15, 0.2) is 0 Å². The molecule has 2 nitrogen and oxygen atoms in total. The van der Waals surface area contributed by atoms with E-state index < -0.39 is 0 Å². The van der Waals surface area contributed by atoms with E-state index in [0.717, 1.165) is 28.3 Å². The Morgan fingerprint density at radius 3 is 2.50 bits per heavy atom. The highest BCUT2D eigenvalue weighted by molar-refractivity contribution is 7.98. The lowest BCUT2D eigenvalue weighted by Gasteiger charge is -2.24. The van der Waals surface area contributed by atoms with Gasteiger partial charge in [-0.2, -0.15) is 0 Å². The van der Waals surface area contributed by atoms with Gasteiger partial charge in [-0.3, -0.25) is 4.79 Å². The number of anilines is 1. The smallest absolute Gasteiger partial charge is 0.259 e. The molecule has 0 bridgehead atoms. The Bertz CT molecular complexity index is 922. The van der Waals surface area contributed by atoms with Crippen LogP contribution in [-0.4, -0.2) is 11.9 Å². The minimum atomic E-state index is 0.0959. The molecule has 1 amide bonds. The van der Waals surface area contributed by atoms with Crippen LogP contribution in [-0.2, 0) is 12.2 Å². The molecule has 1 aliphatic rings. The first-order chi connectivity index (χ1) is 12.7. The molecular formula is C23H21NOS. The number of fused-ring (bicyclic) bond motifs is 1. The highest BCUT2D eigenvalue weighted by atomic mass is 32.2. The second kappa shape index (κ2) is 7.38. The van der Waals surface area contributed by atoms with Crippen molar-refractivity contribution in [1.29, 1.82) is 0 Å². The molecule has 0 radical (unpaired) electrons. The van der Waals surface area contributed by atoms with Crippen LogP contribution >= 0.6 is 11.8 Å². The summed E-state index contributed by atoms with van der Waals surface area (Å²) in [5.74, 6) is 0.954. The maximum absolute atomic E-state index is 13.4. The van der Waals surface area contributed by atoms with Crippen LogP contribution in [0.2, 0.25) is 0 Å². The highest BCUT2D eigenvalue weighted by Gasteiger charge is 2.32. The lowest BCUT2D eigenvalue weighted by Crippen LogP contribution is -2.36. The second-order valence-electron chi connectivity index (χ2n) is 6.63. The first kappa shape index (κ1) is 16.9. The molecule has 0 saturated carbocycles. The molecule has 1 heterocycles. The number of benzene rings is 3. The minimum Gasteiger partial charge on any atom is -0.305 e. The number of thioether (sulfide) groups is 1. The number of carbonyl (C=O) groups is 1. The molecule has 4 rings (SSSR count). The van der Waals surface area contributed by atoms with Gasteiger partial charge in [-0.05, 0) is 42.7 Å². The number of nitrogens with zero attached hydrogens (tertiary/aromatic N) is 1. The summed E-state index contributed by atoms with van der Waals surface area (Å²) in [5.41, 5.74) is 4.35. The standard InChI is InChI=1S/C23H21NOS/c1-17-15-19-11-5-7-13-21(19)24(17)23(25)20-12-6-8-14-22(20)26-16-18-9-3-2-4-10-18/h2-14,17H,15-16H2,1H3/t17-/m1/s1. The van der Waals surface area contributed by atoms with Crippen LogP contribution in [0.5, 0.6) is 0 Å². The number of hydrogen-bond donors (Lipinski definition) is 0. The Morgan fingerprint density at radius 2 is 1.65 bits per heavy atom. The van der Waals surface area contributed by atoms with Gasteiger partial charge in [0, 0.05) is 22.4 Å². The summed E-state index contributed by atoms with van der Waals surface area (Å²) in [6, 6.07) is 26.7. The molecular weight excluding hydrogens is 338 g/mol. The van der Waals surface area contributed by atoms with E-state index in [1.807, 2.05) is 47.4 Å². The van der Waals surface area contributed by atoms with Crippen molar-refractivity contribution in [3.63, 3.8) is 0 Å². The Balaban J connectivity index is 1.61. The summed E-state index contributed by atoms with van der Waals surface area (Å²) >= 11 is 1.72. The number of para-hydroxylation sites is 1. The van der Waals surface area contributed by atoms with E-state index in [-0.39, 0.29) is 11.9 Å². The third-order valence-corrected chi connectivity index (χ3v) is 5.93. The van der Waals surface area contributed by atoms with E-state index in [9.17, 15) is 4.79 Å². The van der Waals surface area contributed by atoms with Crippen LogP contribution in [0.3, 0.4) is 0 Å². The normalized spacial score (nSPS) is 15.7. The highest BCUT2D eigenvalue weighted by Crippen LogP contribution is 2.35. The van der Waals surface area contributed by atoms with Crippen molar-refractivity contribution in [3.8, 4) is 0 Å². The summed E-state index contributed by atoms with van der Waals surface area (Å²) in [6.07, 6.45) is 0.918. The average molecular weight is 359 g/mol. The summed E-state index contributed by atoms with van der Waals surface area (Å²) in [5, 5.41) is 0. The molecule has 3 aromatic carbocycles. The molecule has 0 fully saturated rings. The van der Waals surface area contributed by atoms with E-state index >= 15 is 0 Å². The molecule has 3 heteroatoms. The number of amides is 1. The molecule has 1 aliphatic heterocycles. The van der Waals surface area contributed by atoms with Crippen molar-refractivity contribution >= 4 is 23.4 Å². The fourth-order valence-electron chi connectivity index (χ4n) is 3.51. The van der Waals surface area contributed by atoms with E-state index in [4.69, 9.17) is 0 Å².